The van der Waals surface area contributed by atoms with Crippen LogP contribution in [0.2, 0.25) is 0 Å². The van der Waals surface area contributed by atoms with Gasteiger partial charge in [0.15, 0.2) is 23.0 Å². The summed E-state index contributed by atoms with van der Waals surface area (Å²) in [6.07, 6.45) is 4.76. The zero-order valence-electron chi connectivity index (χ0n) is 14.8. The van der Waals surface area contributed by atoms with Crippen molar-refractivity contribution in [3.63, 3.8) is 0 Å². The van der Waals surface area contributed by atoms with Gasteiger partial charge >= 0.3 is 0 Å². The van der Waals surface area contributed by atoms with E-state index in [4.69, 9.17) is 9.47 Å². The van der Waals surface area contributed by atoms with Crippen molar-refractivity contribution >= 4 is 11.8 Å². The number of nitrogens with zero attached hydrogens (tertiary/aromatic N) is 1. The lowest BCUT2D eigenvalue weighted by Crippen LogP contribution is -2.34. The van der Waals surface area contributed by atoms with Gasteiger partial charge in [0.2, 0.25) is 0 Å². The van der Waals surface area contributed by atoms with Crippen molar-refractivity contribution in [1.29, 1.82) is 0 Å². The van der Waals surface area contributed by atoms with Crippen molar-refractivity contribution in [2.75, 3.05) is 20.8 Å². The molecular weight excluding hydrogens is 330 g/mol. The van der Waals surface area contributed by atoms with Crippen molar-refractivity contribution in [2.24, 2.45) is 0 Å². The molecular formula is C21H21NO4. The van der Waals surface area contributed by atoms with E-state index in [1.54, 1.807) is 26.4 Å². The Bertz CT molecular complexity index is 932. The molecule has 1 atom stereocenters. The predicted molar refractivity (Wildman–Crippen MR) is 101 cm³/mol. The molecule has 26 heavy (non-hydrogen) atoms. The van der Waals surface area contributed by atoms with Gasteiger partial charge in [-0.3, -0.25) is 0 Å². The van der Waals surface area contributed by atoms with E-state index in [-0.39, 0.29) is 17.5 Å². The average Bonchev–Trinajstić information content (AvgIpc) is 2.66. The minimum Gasteiger partial charge on any atom is -0.504 e. The fourth-order valence-electron chi connectivity index (χ4n) is 3.98. The number of phenolic OH excluding ortho intramolecular Hbond substituents is 2. The first-order chi connectivity index (χ1) is 12.6. The predicted octanol–water partition coefficient (Wildman–Crippen LogP) is 3.71. The van der Waals surface area contributed by atoms with Gasteiger partial charge in [-0.2, -0.15) is 0 Å². The van der Waals surface area contributed by atoms with E-state index in [2.05, 4.69) is 17.6 Å². The standard InChI is InChI=1S/C21H21NO4/c1-4-15-20-13(5-6-19(25-2)21(20)26-3)9-16-14-11-18(24)17(23)10-12(14)7-8-22(15)16/h4-6,9-11,15,23-24H,1,7-8H2,2-3H3. The first-order valence-corrected chi connectivity index (χ1v) is 8.50. The number of hydrogen-bond donors (Lipinski definition) is 2. The summed E-state index contributed by atoms with van der Waals surface area (Å²) in [6, 6.07) is 7.11. The number of ether oxygens (including phenoxy) is 2. The Balaban J connectivity index is 1.97. The third kappa shape index (κ3) is 2.24. The molecule has 0 spiro atoms. The zero-order chi connectivity index (χ0) is 18.4. The molecule has 0 amide bonds. The molecule has 0 radical (unpaired) electrons. The van der Waals surface area contributed by atoms with Crippen molar-refractivity contribution in [3.05, 3.63) is 59.2 Å². The molecule has 2 aliphatic rings. The average molecular weight is 351 g/mol. The fourth-order valence-corrected chi connectivity index (χ4v) is 3.98. The van der Waals surface area contributed by atoms with Gasteiger partial charge in [-0.05, 0) is 41.8 Å². The van der Waals surface area contributed by atoms with Crippen molar-refractivity contribution < 1.29 is 19.7 Å². The van der Waals surface area contributed by atoms with Crippen LogP contribution in [0.3, 0.4) is 0 Å². The Morgan fingerprint density at radius 3 is 2.62 bits per heavy atom. The molecule has 2 N–H and O–H groups in total. The third-order valence-corrected chi connectivity index (χ3v) is 5.17. The monoisotopic (exact) mass is 351 g/mol. The second-order valence-electron chi connectivity index (χ2n) is 6.46. The molecule has 0 aromatic heterocycles. The van der Waals surface area contributed by atoms with E-state index in [9.17, 15) is 10.2 Å². The second-order valence-corrected chi connectivity index (χ2v) is 6.46. The number of hydrogen-bond acceptors (Lipinski definition) is 5. The van der Waals surface area contributed by atoms with Crippen LogP contribution in [-0.4, -0.2) is 35.9 Å². The van der Waals surface area contributed by atoms with Crippen LogP contribution >= 0.6 is 0 Å². The Morgan fingerprint density at radius 2 is 1.92 bits per heavy atom. The summed E-state index contributed by atoms with van der Waals surface area (Å²) in [7, 11) is 3.27. The molecule has 5 nitrogen and oxygen atoms in total. The zero-order valence-corrected chi connectivity index (χ0v) is 14.8. The minimum absolute atomic E-state index is 0.0702. The number of fused-ring (bicyclic) bond motifs is 4. The molecule has 2 heterocycles. The van der Waals surface area contributed by atoms with Crippen LogP contribution in [0, 0.1) is 0 Å². The van der Waals surface area contributed by atoms with Crippen molar-refractivity contribution in [1.82, 2.24) is 4.90 Å². The van der Waals surface area contributed by atoms with E-state index < -0.39 is 0 Å². The summed E-state index contributed by atoms with van der Waals surface area (Å²) < 4.78 is 11.1. The topological polar surface area (TPSA) is 62.2 Å². The van der Waals surface area contributed by atoms with Gasteiger partial charge in [0, 0.05) is 23.4 Å². The lowest BCUT2D eigenvalue weighted by Gasteiger charge is -2.42. The Morgan fingerprint density at radius 1 is 1.15 bits per heavy atom. The maximum absolute atomic E-state index is 9.98. The summed E-state index contributed by atoms with van der Waals surface area (Å²) in [5.41, 5.74) is 5.01. The largest absolute Gasteiger partial charge is 0.504 e. The summed E-state index contributed by atoms with van der Waals surface area (Å²) in [5, 5.41) is 19.8. The van der Waals surface area contributed by atoms with Crippen LogP contribution in [0.5, 0.6) is 23.0 Å². The van der Waals surface area contributed by atoms with Gasteiger partial charge in [0.1, 0.15) is 0 Å². The molecule has 1 unspecified atom stereocenters. The molecule has 2 aliphatic heterocycles. The molecule has 2 aromatic carbocycles. The Labute approximate surface area is 152 Å². The SMILES string of the molecule is C=CC1c2c(ccc(OC)c2OC)C=C2c3cc(O)c(O)cc3CCN21. The number of methoxy groups -OCH3 is 2. The van der Waals surface area contributed by atoms with Crippen LogP contribution in [0.25, 0.3) is 11.8 Å². The molecule has 134 valence electrons. The van der Waals surface area contributed by atoms with E-state index in [0.29, 0.717) is 11.5 Å². The highest BCUT2D eigenvalue weighted by Crippen LogP contribution is 2.49. The Hall–Kier alpha value is -3.08. The van der Waals surface area contributed by atoms with Crippen LogP contribution in [0.1, 0.15) is 28.3 Å². The van der Waals surface area contributed by atoms with Gasteiger partial charge < -0.3 is 24.6 Å². The van der Waals surface area contributed by atoms with Crippen LogP contribution < -0.4 is 9.47 Å². The van der Waals surface area contributed by atoms with Crippen LogP contribution in [0.4, 0.5) is 0 Å². The summed E-state index contributed by atoms with van der Waals surface area (Å²) in [5.74, 6) is 1.21. The van der Waals surface area contributed by atoms with Crippen molar-refractivity contribution in [3.8, 4) is 23.0 Å². The third-order valence-electron chi connectivity index (χ3n) is 5.17. The highest BCUT2D eigenvalue weighted by atomic mass is 16.5. The van der Waals surface area contributed by atoms with Crippen LogP contribution in [-0.2, 0) is 6.42 Å². The van der Waals surface area contributed by atoms with Crippen LogP contribution in [0.15, 0.2) is 36.9 Å². The lowest BCUT2D eigenvalue weighted by atomic mass is 9.86. The van der Waals surface area contributed by atoms with E-state index >= 15 is 0 Å². The van der Waals surface area contributed by atoms with Gasteiger partial charge in [-0.1, -0.05) is 12.1 Å². The molecule has 0 aliphatic carbocycles. The quantitative estimate of drug-likeness (QED) is 0.652. The number of aromatic hydroxyl groups is 2. The number of rotatable bonds is 3. The van der Waals surface area contributed by atoms with E-state index in [0.717, 1.165) is 40.9 Å². The van der Waals surface area contributed by atoms with Gasteiger partial charge in [-0.25, -0.2) is 0 Å². The van der Waals surface area contributed by atoms with Gasteiger partial charge in [-0.15, -0.1) is 6.58 Å². The maximum Gasteiger partial charge on any atom is 0.166 e. The molecule has 5 heteroatoms. The molecule has 0 saturated carbocycles. The molecule has 2 aromatic rings. The second kappa shape index (κ2) is 6.02. The molecule has 0 saturated heterocycles. The molecule has 0 bridgehead atoms. The molecule has 0 fully saturated rings. The molecule has 4 rings (SSSR count). The van der Waals surface area contributed by atoms with E-state index in [1.165, 1.54) is 0 Å². The summed E-state index contributed by atoms with van der Waals surface area (Å²) >= 11 is 0. The minimum atomic E-state index is -0.111. The first kappa shape index (κ1) is 16.4. The lowest BCUT2D eigenvalue weighted by molar-refractivity contribution is 0.311. The normalized spacial score (nSPS) is 17.5. The highest BCUT2D eigenvalue weighted by Gasteiger charge is 2.34. The van der Waals surface area contributed by atoms with Crippen molar-refractivity contribution in [2.45, 2.75) is 12.5 Å². The number of benzene rings is 2. The summed E-state index contributed by atoms with van der Waals surface area (Å²) in [6.45, 7) is 4.82. The van der Waals surface area contributed by atoms with Gasteiger partial charge in [0.25, 0.3) is 0 Å². The highest BCUT2D eigenvalue weighted by molar-refractivity contribution is 5.88. The van der Waals surface area contributed by atoms with E-state index in [1.807, 2.05) is 18.2 Å². The maximum atomic E-state index is 9.98. The van der Waals surface area contributed by atoms with Gasteiger partial charge in [0.05, 0.1) is 20.3 Å². The summed E-state index contributed by atoms with van der Waals surface area (Å²) in [4.78, 5) is 2.25. The smallest absolute Gasteiger partial charge is 0.166 e. The first-order valence-electron chi connectivity index (χ1n) is 8.50. The fraction of sp³-hybridized carbons (Fsp3) is 0.238. The Kier molecular flexibility index (Phi) is 3.80. The number of phenols is 2.